The number of unbranched alkanes of at least 4 members (excludes halogenated alkanes) is 14. The van der Waals surface area contributed by atoms with Crippen LogP contribution in [0.4, 0.5) is 0 Å². The standard InChI is InChI=1S/C59H94O6/c1-4-7-10-13-16-19-22-24-25-26-27-28-29-30-31-32-33-35-37-40-43-46-49-52-58(61)64-55-56(54-63-57(60)51-48-45-42-39-36-21-18-15-12-9-6-3)65-59(62)53-50-47-44-41-38-34-23-20-17-14-11-8-5-2/h7-8,10-11,16-17,19-20,24-25,27-28,30-31,33-35,38,44,47,56H,4-6,9,12-15,18,21-23,26,29,32,36-37,39-43,45-46,48-55H2,1-3H3/b10-7-,11-8-,19-16-,20-17-,25-24-,28-27-,31-30-,35-33-,38-34-,47-44-. The minimum atomic E-state index is -0.827. The molecule has 0 aliphatic rings. The molecule has 0 fully saturated rings. The second-order valence-electron chi connectivity index (χ2n) is 16.7. The highest BCUT2D eigenvalue weighted by Crippen LogP contribution is 2.13. The molecule has 1 atom stereocenters. The van der Waals surface area contributed by atoms with Crippen LogP contribution >= 0.6 is 0 Å². The highest BCUT2D eigenvalue weighted by Gasteiger charge is 2.19. The molecule has 0 rings (SSSR count). The molecule has 0 amide bonds. The lowest BCUT2D eigenvalue weighted by molar-refractivity contribution is -0.166. The van der Waals surface area contributed by atoms with E-state index >= 15 is 0 Å². The van der Waals surface area contributed by atoms with E-state index in [0.29, 0.717) is 19.3 Å². The molecule has 0 aliphatic carbocycles. The number of rotatable bonds is 45. The van der Waals surface area contributed by atoms with E-state index in [1.54, 1.807) is 0 Å². The van der Waals surface area contributed by atoms with Crippen molar-refractivity contribution in [1.82, 2.24) is 0 Å². The molecule has 366 valence electrons. The predicted molar refractivity (Wildman–Crippen MR) is 279 cm³/mol. The van der Waals surface area contributed by atoms with E-state index < -0.39 is 12.1 Å². The smallest absolute Gasteiger partial charge is 0.306 e. The van der Waals surface area contributed by atoms with E-state index in [1.165, 1.54) is 51.4 Å². The molecular formula is C59H94O6. The third-order valence-electron chi connectivity index (χ3n) is 10.5. The predicted octanol–water partition coefficient (Wildman–Crippen LogP) is 17.3. The molecule has 0 bridgehead atoms. The van der Waals surface area contributed by atoms with Gasteiger partial charge in [-0.3, -0.25) is 14.4 Å². The number of allylic oxidation sites excluding steroid dienone is 20. The van der Waals surface area contributed by atoms with Gasteiger partial charge in [-0.15, -0.1) is 0 Å². The average Bonchev–Trinajstić information content (AvgIpc) is 3.30. The van der Waals surface area contributed by atoms with E-state index in [9.17, 15) is 14.4 Å². The van der Waals surface area contributed by atoms with Crippen LogP contribution in [0, 0.1) is 0 Å². The molecule has 1 unspecified atom stereocenters. The summed E-state index contributed by atoms with van der Waals surface area (Å²) in [5.74, 6) is -1.03. The van der Waals surface area contributed by atoms with Crippen LogP contribution < -0.4 is 0 Å². The summed E-state index contributed by atoms with van der Waals surface area (Å²) in [7, 11) is 0. The highest BCUT2D eigenvalue weighted by molar-refractivity contribution is 5.71. The zero-order valence-corrected chi connectivity index (χ0v) is 41.7. The summed E-state index contributed by atoms with van der Waals surface area (Å²) in [5.41, 5.74) is 0. The molecule has 0 aromatic heterocycles. The Balaban J connectivity index is 4.46. The quantitative estimate of drug-likeness (QED) is 0.0262. The monoisotopic (exact) mass is 899 g/mol. The molecule has 0 saturated heterocycles. The Bertz CT molecular complexity index is 1400. The molecule has 0 radical (unpaired) electrons. The normalized spacial score (nSPS) is 13.1. The Morgan fingerprint density at radius 2 is 0.631 bits per heavy atom. The van der Waals surface area contributed by atoms with Crippen molar-refractivity contribution in [2.45, 2.75) is 219 Å². The summed E-state index contributed by atoms with van der Waals surface area (Å²) in [6.45, 7) is 6.30. The first-order valence-electron chi connectivity index (χ1n) is 26.0. The Morgan fingerprint density at radius 1 is 0.323 bits per heavy atom. The maximum absolute atomic E-state index is 12.7. The van der Waals surface area contributed by atoms with Crippen molar-refractivity contribution in [2.75, 3.05) is 13.2 Å². The zero-order valence-electron chi connectivity index (χ0n) is 41.7. The first-order valence-corrected chi connectivity index (χ1v) is 26.0. The zero-order chi connectivity index (χ0) is 47.2. The third kappa shape index (κ3) is 50.7. The number of carbonyl (C=O) groups is 3. The molecule has 0 aliphatic heterocycles. The van der Waals surface area contributed by atoms with Gasteiger partial charge in [-0.05, 0) is 96.3 Å². The minimum Gasteiger partial charge on any atom is -0.462 e. The van der Waals surface area contributed by atoms with Gasteiger partial charge < -0.3 is 14.2 Å². The van der Waals surface area contributed by atoms with Gasteiger partial charge in [-0.25, -0.2) is 0 Å². The van der Waals surface area contributed by atoms with Crippen LogP contribution in [-0.4, -0.2) is 37.2 Å². The summed E-state index contributed by atoms with van der Waals surface area (Å²) < 4.78 is 16.7. The van der Waals surface area contributed by atoms with Crippen LogP contribution in [0.2, 0.25) is 0 Å². The fraction of sp³-hybridized carbons (Fsp3) is 0.610. The molecule has 0 aromatic rings. The lowest BCUT2D eigenvalue weighted by Gasteiger charge is -2.18. The number of ether oxygens (including phenoxy) is 3. The molecule has 0 saturated carbocycles. The largest absolute Gasteiger partial charge is 0.462 e. The maximum atomic E-state index is 12.7. The Hall–Kier alpha value is -4.19. The van der Waals surface area contributed by atoms with Crippen LogP contribution in [0.25, 0.3) is 0 Å². The van der Waals surface area contributed by atoms with Gasteiger partial charge in [0.05, 0.1) is 0 Å². The molecule has 0 spiro atoms. The number of carbonyl (C=O) groups excluding carboxylic acids is 3. The molecule has 65 heavy (non-hydrogen) atoms. The summed E-state index contributed by atoms with van der Waals surface area (Å²) >= 11 is 0. The van der Waals surface area contributed by atoms with E-state index in [2.05, 4.69) is 130 Å². The van der Waals surface area contributed by atoms with E-state index in [0.717, 1.165) is 116 Å². The van der Waals surface area contributed by atoms with E-state index in [4.69, 9.17) is 14.2 Å². The molecule has 6 heteroatoms. The third-order valence-corrected chi connectivity index (χ3v) is 10.5. The van der Waals surface area contributed by atoms with Crippen molar-refractivity contribution < 1.29 is 28.6 Å². The van der Waals surface area contributed by atoms with Gasteiger partial charge in [0.2, 0.25) is 0 Å². The first kappa shape index (κ1) is 60.8. The molecule has 0 aromatic carbocycles. The second-order valence-corrected chi connectivity index (χ2v) is 16.7. The lowest BCUT2D eigenvalue weighted by Crippen LogP contribution is -2.30. The minimum absolute atomic E-state index is 0.117. The van der Waals surface area contributed by atoms with Crippen LogP contribution in [-0.2, 0) is 28.6 Å². The van der Waals surface area contributed by atoms with Gasteiger partial charge in [-0.2, -0.15) is 0 Å². The summed E-state index contributed by atoms with van der Waals surface area (Å²) in [6, 6.07) is 0. The van der Waals surface area contributed by atoms with E-state index in [-0.39, 0.29) is 31.6 Å². The highest BCUT2D eigenvalue weighted by atomic mass is 16.6. The second kappa shape index (κ2) is 52.4. The van der Waals surface area contributed by atoms with E-state index in [1.807, 2.05) is 12.2 Å². The SMILES string of the molecule is CC/C=C\C/C=C\C/C=C\C/C=C\C/C=C\C/C=C\CCCCCCC(=O)OCC(COC(=O)CCCCCCCCCCCCC)OC(=O)CC/C=C\C/C=C\C/C=C\C/C=C\CC. The maximum Gasteiger partial charge on any atom is 0.306 e. The van der Waals surface area contributed by atoms with Crippen LogP contribution in [0.5, 0.6) is 0 Å². The van der Waals surface area contributed by atoms with Crippen molar-refractivity contribution in [3.8, 4) is 0 Å². The van der Waals surface area contributed by atoms with Crippen molar-refractivity contribution in [3.63, 3.8) is 0 Å². The topological polar surface area (TPSA) is 78.9 Å². The molecule has 6 nitrogen and oxygen atoms in total. The Kier molecular flexibility index (Phi) is 49.1. The molecule has 0 heterocycles. The van der Waals surface area contributed by atoms with Crippen molar-refractivity contribution in [3.05, 3.63) is 122 Å². The number of hydrogen-bond acceptors (Lipinski definition) is 6. The first-order chi connectivity index (χ1) is 32.0. The van der Waals surface area contributed by atoms with Crippen LogP contribution in [0.1, 0.15) is 213 Å². The Morgan fingerprint density at radius 3 is 1.00 bits per heavy atom. The van der Waals surface area contributed by atoms with Crippen molar-refractivity contribution in [1.29, 1.82) is 0 Å². The fourth-order valence-electron chi connectivity index (χ4n) is 6.63. The van der Waals surface area contributed by atoms with Gasteiger partial charge in [0.1, 0.15) is 13.2 Å². The van der Waals surface area contributed by atoms with Crippen LogP contribution in [0.15, 0.2) is 122 Å². The van der Waals surface area contributed by atoms with Gasteiger partial charge >= 0.3 is 17.9 Å². The van der Waals surface area contributed by atoms with Crippen LogP contribution in [0.3, 0.4) is 0 Å². The van der Waals surface area contributed by atoms with Gasteiger partial charge in [0.25, 0.3) is 0 Å². The summed E-state index contributed by atoms with van der Waals surface area (Å²) in [4.78, 5) is 37.9. The fourth-order valence-corrected chi connectivity index (χ4v) is 6.63. The van der Waals surface area contributed by atoms with Gasteiger partial charge in [0.15, 0.2) is 6.10 Å². The Labute approximate surface area is 399 Å². The number of hydrogen-bond donors (Lipinski definition) is 0. The summed E-state index contributed by atoms with van der Waals surface area (Å²) in [6.07, 6.45) is 72.0. The van der Waals surface area contributed by atoms with Gasteiger partial charge in [-0.1, -0.05) is 219 Å². The molecular weight excluding hydrogens is 805 g/mol. The average molecular weight is 899 g/mol. The lowest BCUT2D eigenvalue weighted by atomic mass is 10.1. The number of esters is 3. The summed E-state index contributed by atoms with van der Waals surface area (Å²) in [5, 5.41) is 0. The molecule has 0 N–H and O–H groups in total. The van der Waals surface area contributed by atoms with Gasteiger partial charge in [0, 0.05) is 19.3 Å². The van der Waals surface area contributed by atoms with Crippen molar-refractivity contribution in [2.24, 2.45) is 0 Å². The van der Waals surface area contributed by atoms with Crippen molar-refractivity contribution >= 4 is 17.9 Å².